The summed E-state index contributed by atoms with van der Waals surface area (Å²) in [5.74, 6) is 5.80. The van der Waals surface area contributed by atoms with Gasteiger partial charge in [-0.1, -0.05) is 11.8 Å². The van der Waals surface area contributed by atoms with Crippen LogP contribution in [-0.2, 0) is 0 Å². The van der Waals surface area contributed by atoms with Gasteiger partial charge in [-0.15, -0.1) is 0 Å². The fourth-order valence-corrected chi connectivity index (χ4v) is 1.63. The molecule has 6 nitrogen and oxygen atoms in total. The van der Waals surface area contributed by atoms with Crippen LogP contribution < -0.4 is 5.32 Å². The van der Waals surface area contributed by atoms with Gasteiger partial charge in [-0.25, -0.2) is 9.97 Å². The smallest absolute Gasteiger partial charge is 0.294 e. The average molecular weight is 271 g/mol. The molecule has 0 aliphatic rings. The number of aliphatic hydroxyl groups excluding tert-OH is 1. The predicted molar refractivity (Wildman–Crippen MR) is 72.1 cm³/mol. The van der Waals surface area contributed by atoms with Crippen LogP contribution in [0.15, 0.2) is 22.7 Å². The second kappa shape index (κ2) is 5.99. The number of pyridine rings is 1. The highest BCUT2D eigenvalue weighted by Gasteiger charge is 2.16. The molecular formula is C14H13N3O3. The SMILES string of the molecule is Cc1nc(C)c(C(=O)Nc2cc(C#CCO)ccn2)o1. The number of rotatable bonds is 2. The summed E-state index contributed by atoms with van der Waals surface area (Å²) in [6.45, 7) is 3.15. The molecule has 0 aliphatic carbocycles. The Kier molecular flexibility index (Phi) is 4.13. The average Bonchev–Trinajstić information content (AvgIpc) is 2.76. The van der Waals surface area contributed by atoms with Crippen LogP contribution in [0.1, 0.15) is 27.7 Å². The van der Waals surface area contributed by atoms with Gasteiger partial charge in [-0.2, -0.15) is 0 Å². The fraction of sp³-hybridized carbons (Fsp3) is 0.214. The van der Waals surface area contributed by atoms with Gasteiger partial charge in [0.1, 0.15) is 12.4 Å². The molecule has 2 N–H and O–H groups in total. The van der Waals surface area contributed by atoms with Gasteiger partial charge in [0.2, 0.25) is 5.76 Å². The van der Waals surface area contributed by atoms with Crippen molar-refractivity contribution < 1.29 is 14.3 Å². The van der Waals surface area contributed by atoms with E-state index in [2.05, 4.69) is 27.1 Å². The molecule has 0 fully saturated rings. The summed E-state index contributed by atoms with van der Waals surface area (Å²) >= 11 is 0. The Bertz CT molecular complexity index is 695. The molecule has 0 saturated carbocycles. The number of nitrogens with one attached hydrogen (secondary N) is 1. The fourth-order valence-electron chi connectivity index (χ4n) is 1.63. The first-order chi connectivity index (χ1) is 9.60. The molecule has 2 rings (SSSR count). The number of nitrogens with zero attached hydrogens (tertiary/aromatic N) is 2. The van der Waals surface area contributed by atoms with Gasteiger partial charge in [0.05, 0.1) is 5.69 Å². The number of anilines is 1. The van der Waals surface area contributed by atoms with E-state index in [4.69, 9.17) is 9.52 Å². The van der Waals surface area contributed by atoms with Gasteiger partial charge < -0.3 is 14.8 Å². The summed E-state index contributed by atoms with van der Waals surface area (Å²) in [4.78, 5) is 20.1. The number of amides is 1. The van der Waals surface area contributed by atoms with E-state index in [0.717, 1.165) is 0 Å². The van der Waals surface area contributed by atoms with E-state index in [1.54, 1.807) is 26.0 Å². The van der Waals surface area contributed by atoms with Crippen LogP contribution in [0.3, 0.4) is 0 Å². The van der Waals surface area contributed by atoms with Gasteiger partial charge in [0.25, 0.3) is 5.91 Å². The highest BCUT2D eigenvalue weighted by Crippen LogP contribution is 2.12. The number of aliphatic hydroxyl groups is 1. The number of hydrogen-bond donors (Lipinski definition) is 2. The first kappa shape index (κ1) is 13.8. The molecule has 2 aromatic rings. The Morgan fingerprint density at radius 3 is 2.95 bits per heavy atom. The van der Waals surface area contributed by atoms with Gasteiger partial charge in [-0.3, -0.25) is 4.79 Å². The van der Waals surface area contributed by atoms with E-state index in [1.165, 1.54) is 6.20 Å². The van der Waals surface area contributed by atoms with Crippen molar-refractivity contribution in [3.05, 3.63) is 41.2 Å². The molecule has 0 aromatic carbocycles. The second-order valence-electron chi connectivity index (χ2n) is 3.99. The Labute approximate surface area is 115 Å². The topological polar surface area (TPSA) is 88.2 Å². The van der Waals surface area contributed by atoms with Crippen LogP contribution >= 0.6 is 0 Å². The zero-order valence-corrected chi connectivity index (χ0v) is 11.1. The van der Waals surface area contributed by atoms with E-state index in [1.807, 2.05) is 0 Å². The van der Waals surface area contributed by atoms with Crippen LogP contribution in [-0.4, -0.2) is 27.6 Å². The maximum Gasteiger partial charge on any atom is 0.294 e. The van der Waals surface area contributed by atoms with E-state index in [-0.39, 0.29) is 12.4 Å². The molecule has 0 atom stereocenters. The van der Waals surface area contributed by atoms with Gasteiger partial charge >= 0.3 is 0 Å². The van der Waals surface area contributed by atoms with Gasteiger partial charge in [0.15, 0.2) is 5.89 Å². The summed E-state index contributed by atoms with van der Waals surface area (Å²) in [7, 11) is 0. The molecule has 0 unspecified atom stereocenters. The summed E-state index contributed by atoms with van der Waals surface area (Å²) < 4.78 is 5.23. The normalized spacial score (nSPS) is 9.75. The monoisotopic (exact) mass is 271 g/mol. The molecule has 102 valence electrons. The lowest BCUT2D eigenvalue weighted by Gasteiger charge is -2.02. The molecule has 2 heterocycles. The third kappa shape index (κ3) is 3.22. The first-order valence-corrected chi connectivity index (χ1v) is 5.91. The first-order valence-electron chi connectivity index (χ1n) is 5.91. The zero-order chi connectivity index (χ0) is 14.5. The van der Waals surface area contributed by atoms with Crippen LogP contribution in [0.2, 0.25) is 0 Å². The summed E-state index contributed by atoms with van der Waals surface area (Å²) in [5.41, 5.74) is 1.17. The Hall–Kier alpha value is -2.65. The minimum atomic E-state index is -0.414. The van der Waals surface area contributed by atoms with Crippen molar-refractivity contribution in [3.63, 3.8) is 0 Å². The lowest BCUT2D eigenvalue weighted by atomic mass is 10.2. The molecule has 0 spiro atoms. The Balaban J connectivity index is 2.17. The van der Waals surface area contributed by atoms with Crippen molar-refractivity contribution >= 4 is 11.7 Å². The number of carbonyl (C=O) groups is 1. The largest absolute Gasteiger partial charge is 0.436 e. The van der Waals surface area contributed by atoms with Crippen LogP contribution in [0.25, 0.3) is 0 Å². The highest BCUT2D eigenvalue weighted by molar-refractivity contribution is 6.02. The lowest BCUT2D eigenvalue weighted by molar-refractivity contribution is 0.0994. The minimum absolute atomic E-state index is 0.163. The molecular weight excluding hydrogens is 258 g/mol. The number of hydrogen-bond acceptors (Lipinski definition) is 5. The molecule has 6 heteroatoms. The van der Waals surface area contributed by atoms with Crippen LogP contribution in [0, 0.1) is 25.7 Å². The van der Waals surface area contributed by atoms with Crippen LogP contribution in [0.5, 0.6) is 0 Å². The molecule has 0 aliphatic heterocycles. The molecule has 0 bridgehead atoms. The molecule has 20 heavy (non-hydrogen) atoms. The Morgan fingerprint density at radius 2 is 2.30 bits per heavy atom. The number of carbonyl (C=O) groups excluding carboxylic acids is 1. The molecule has 0 saturated heterocycles. The van der Waals surface area contributed by atoms with Crippen molar-refractivity contribution in [2.75, 3.05) is 11.9 Å². The molecule has 0 radical (unpaired) electrons. The van der Waals surface area contributed by atoms with Gasteiger partial charge in [-0.05, 0) is 19.1 Å². The summed E-state index contributed by atoms with van der Waals surface area (Å²) in [5, 5.41) is 11.3. The van der Waals surface area contributed by atoms with E-state index in [9.17, 15) is 4.79 Å². The predicted octanol–water partition coefficient (Wildman–Crippen LogP) is 1.28. The van der Waals surface area contributed by atoms with Crippen molar-refractivity contribution in [1.82, 2.24) is 9.97 Å². The van der Waals surface area contributed by atoms with E-state index >= 15 is 0 Å². The number of aromatic nitrogens is 2. The molecule has 2 aromatic heterocycles. The van der Waals surface area contributed by atoms with Crippen molar-refractivity contribution in [2.45, 2.75) is 13.8 Å². The second-order valence-corrected chi connectivity index (χ2v) is 3.99. The van der Waals surface area contributed by atoms with Crippen molar-refractivity contribution in [3.8, 4) is 11.8 Å². The van der Waals surface area contributed by atoms with Crippen LogP contribution in [0.4, 0.5) is 5.82 Å². The van der Waals surface area contributed by atoms with Crippen molar-refractivity contribution in [2.24, 2.45) is 0 Å². The van der Waals surface area contributed by atoms with E-state index in [0.29, 0.717) is 23.0 Å². The van der Waals surface area contributed by atoms with Crippen molar-refractivity contribution in [1.29, 1.82) is 0 Å². The maximum absolute atomic E-state index is 12.0. The zero-order valence-electron chi connectivity index (χ0n) is 11.1. The third-order valence-corrected chi connectivity index (χ3v) is 2.42. The number of oxazole rings is 1. The minimum Gasteiger partial charge on any atom is -0.436 e. The summed E-state index contributed by atoms with van der Waals surface area (Å²) in [6, 6.07) is 3.29. The quantitative estimate of drug-likeness (QED) is 0.803. The summed E-state index contributed by atoms with van der Waals surface area (Å²) in [6.07, 6.45) is 1.52. The standard InChI is InChI=1S/C14H13N3O3/c1-9-13(20-10(2)16-9)14(19)17-12-8-11(4-3-7-18)5-6-15-12/h5-6,8,18H,7H2,1-2H3,(H,15,17,19). The Morgan fingerprint density at radius 1 is 1.50 bits per heavy atom. The number of aryl methyl sites for hydroxylation is 2. The third-order valence-electron chi connectivity index (χ3n) is 2.42. The highest BCUT2D eigenvalue weighted by atomic mass is 16.4. The van der Waals surface area contributed by atoms with E-state index < -0.39 is 5.91 Å². The maximum atomic E-state index is 12.0. The molecule has 1 amide bonds. The lowest BCUT2D eigenvalue weighted by Crippen LogP contribution is -2.13. The van der Waals surface area contributed by atoms with Gasteiger partial charge in [0, 0.05) is 18.7 Å².